The van der Waals surface area contributed by atoms with Crippen LogP contribution < -0.4 is 5.32 Å². The van der Waals surface area contributed by atoms with Crippen molar-refractivity contribution in [3.8, 4) is 0 Å². The van der Waals surface area contributed by atoms with Crippen LogP contribution in [0, 0.1) is 11.6 Å². The minimum absolute atomic E-state index is 0.180. The molecule has 0 bridgehead atoms. The van der Waals surface area contributed by atoms with E-state index in [-0.39, 0.29) is 11.9 Å². The van der Waals surface area contributed by atoms with Crippen LogP contribution in [0.4, 0.5) is 8.78 Å². The summed E-state index contributed by atoms with van der Waals surface area (Å²) in [7, 11) is 3.83. The summed E-state index contributed by atoms with van der Waals surface area (Å²) in [6.45, 7) is 3.47. The molecule has 0 aliphatic carbocycles. The Hall–Kier alpha value is -1.00. The lowest BCUT2D eigenvalue weighted by Gasteiger charge is -2.23. The fourth-order valence-electron chi connectivity index (χ4n) is 1.74. The van der Waals surface area contributed by atoms with Crippen molar-refractivity contribution in [2.24, 2.45) is 0 Å². The molecule has 0 radical (unpaired) electrons. The van der Waals surface area contributed by atoms with E-state index < -0.39 is 5.82 Å². The first-order valence-electron chi connectivity index (χ1n) is 5.87. The molecule has 1 unspecified atom stereocenters. The summed E-state index contributed by atoms with van der Waals surface area (Å²) in [5.41, 5.74) is 0.396. The predicted octanol–water partition coefficient (Wildman–Crippen LogP) is 2.57. The van der Waals surface area contributed by atoms with Crippen LogP contribution in [0.25, 0.3) is 0 Å². The summed E-state index contributed by atoms with van der Waals surface area (Å²) in [5, 5.41) is 3.24. The second kappa shape index (κ2) is 6.67. The molecule has 0 saturated carbocycles. The topological polar surface area (TPSA) is 15.3 Å². The summed E-state index contributed by atoms with van der Waals surface area (Å²) in [5.74, 6) is -0.759. The lowest BCUT2D eigenvalue weighted by Crippen LogP contribution is -2.32. The van der Waals surface area contributed by atoms with Gasteiger partial charge in [-0.25, -0.2) is 8.78 Å². The molecule has 0 amide bonds. The number of halogens is 2. The Balaban J connectivity index is 2.90. The van der Waals surface area contributed by atoms with Crippen molar-refractivity contribution >= 4 is 0 Å². The van der Waals surface area contributed by atoms with Crippen molar-refractivity contribution in [3.63, 3.8) is 0 Å². The Morgan fingerprint density at radius 3 is 2.59 bits per heavy atom. The molecule has 0 heterocycles. The van der Waals surface area contributed by atoms with E-state index in [1.165, 1.54) is 12.1 Å². The molecule has 1 aromatic rings. The third-order valence-electron chi connectivity index (χ3n) is 2.52. The average Bonchev–Trinajstić information content (AvgIpc) is 2.27. The van der Waals surface area contributed by atoms with Gasteiger partial charge in [0.2, 0.25) is 0 Å². The Kier molecular flexibility index (Phi) is 5.51. The van der Waals surface area contributed by atoms with E-state index >= 15 is 0 Å². The summed E-state index contributed by atoms with van der Waals surface area (Å²) in [4.78, 5) is 1.96. The molecule has 1 aromatic carbocycles. The number of nitrogens with zero attached hydrogens (tertiary/aromatic N) is 1. The van der Waals surface area contributed by atoms with Gasteiger partial charge in [-0.1, -0.05) is 6.92 Å². The van der Waals surface area contributed by atoms with Crippen LogP contribution in [-0.2, 0) is 0 Å². The summed E-state index contributed by atoms with van der Waals surface area (Å²) >= 11 is 0. The number of likely N-dealkylation sites (N-methyl/N-ethyl adjacent to an activating group) is 1. The third-order valence-corrected chi connectivity index (χ3v) is 2.52. The predicted molar refractivity (Wildman–Crippen MR) is 65.9 cm³/mol. The summed E-state index contributed by atoms with van der Waals surface area (Å²) < 4.78 is 26.8. The van der Waals surface area contributed by atoms with Crippen molar-refractivity contribution in [1.82, 2.24) is 10.2 Å². The largest absolute Gasteiger partial charge is 0.309 e. The van der Waals surface area contributed by atoms with Gasteiger partial charge < -0.3 is 10.2 Å². The normalized spacial score (nSPS) is 13.1. The van der Waals surface area contributed by atoms with Crippen LogP contribution in [0.15, 0.2) is 18.2 Å². The molecular formula is C13H20F2N2. The fraction of sp³-hybridized carbons (Fsp3) is 0.538. The third kappa shape index (κ3) is 4.40. The molecule has 17 heavy (non-hydrogen) atoms. The molecule has 1 N–H and O–H groups in total. The highest BCUT2D eigenvalue weighted by Crippen LogP contribution is 2.19. The first kappa shape index (κ1) is 14.1. The quantitative estimate of drug-likeness (QED) is 0.824. The lowest BCUT2D eigenvalue weighted by molar-refractivity contribution is 0.335. The lowest BCUT2D eigenvalue weighted by atomic mass is 10.1. The molecule has 0 fully saturated rings. The molecule has 0 aliphatic heterocycles. The second-order valence-electron chi connectivity index (χ2n) is 4.43. The van der Waals surface area contributed by atoms with Gasteiger partial charge in [0, 0.05) is 18.2 Å². The van der Waals surface area contributed by atoms with Crippen LogP contribution in [0.1, 0.15) is 24.9 Å². The van der Waals surface area contributed by atoms with E-state index in [4.69, 9.17) is 0 Å². The van der Waals surface area contributed by atoms with E-state index in [9.17, 15) is 8.78 Å². The maximum Gasteiger partial charge on any atom is 0.128 e. The molecular weight excluding hydrogens is 222 g/mol. The van der Waals surface area contributed by atoms with E-state index in [1.807, 2.05) is 25.9 Å². The van der Waals surface area contributed by atoms with Gasteiger partial charge in [-0.05, 0) is 45.3 Å². The highest BCUT2D eigenvalue weighted by atomic mass is 19.1. The van der Waals surface area contributed by atoms with Crippen molar-refractivity contribution in [2.45, 2.75) is 19.4 Å². The number of hydrogen-bond acceptors (Lipinski definition) is 2. The van der Waals surface area contributed by atoms with Crippen molar-refractivity contribution in [1.29, 1.82) is 0 Å². The van der Waals surface area contributed by atoms with Gasteiger partial charge in [0.05, 0.1) is 0 Å². The van der Waals surface area contributed by atoms with Gasteiger partial charge in [0.15, 0.2) is 0 Å². The van der Waals surface area contributed by atoms with Crippen LogP contribution in [-0.4, -0.2) is 32.1 Å². The number of nitrogens with one attached hydrogen (secondary N) is 1. The maximum absolute atomic E-state index is 13.7. The Bertz CT molecular complexity index is 353. The molecule has 0 aromatic heterocycles. The SMILES string of the molecule is CCCNC(CN(C)C)c1cc(F)ccc1F. The molecule has 0 saturated heterocycles. The standard InChI is InChI=1S/C13H20F2N2/c1-4-7-16-13(9-17(2)3)11-8-10(14)5-6-12(11)15/h5-6,8,13,16H,4,7,9H2,1-3H3. The average molecular weight is 242 g/mol. The van der Waals surface area contributed by atoms with Gasteiger partial charge in [-0.3, -0.25) is 0 Å². The van der Waals surface area contributed by atoms with Crippen LogP contribution in [0.2, 0.25) is 0 Å². The van der Waals surface area contributed by atoms with Gasteiger partial charge in [-0.15, -0.1) is 0 Å². The highest BCUT2D eigenvalue weighted by Gasteiger charge is 2.16. The molecule has 4 heteroatoms. The zero-order valence-electron chi connectivity index (χ0n) is 10.6. The molecule has 0 spiro atoms. The molecule has 2 nitrogen and oxygen atoms in total. The number of rotatable bonds is 6. The molecule has 1 atom stereocenters. The van der Waals surface area contributed by atoms with E-state index in [2.05, 4.69) is 5.32 Å². The summed E-state index contributed by atoms with van der Waals surface area (Å²) in [6, 6.07) is 3.42. The highest BCUT2D eigenvalue weighted by molar-refractivity contribution is 5.22. The summed E-state index contributed by atoms with van der Waals surface area (Å²) in [6.07, 6.45) is 0.959. The fourth-order valence-corrected chi connectivity index (χ4v) is 1.74. The molecule has 0 aliphatic rings. The second-order valence-corrected chi connectivity index (χ2v) is 4.43. The first-order chi connectivity index (χ1) is 8.04. The smallest absolute Gasteiger partial charge is 0.128 e. The Labute approximate surface area is 102 Å². The zero-order valence-corrected chi connectivity index (χ0v) is 10.6. The first-order valence-corrected chi connectivity index (χ1v) is 5.87. The monoisotopic (exact) mass is 242 g/mol. The Morgan fingerprint density at radius 2 is 2.00 bits per heavy atom. The van der Waals surface area contributed by atoms with Crippen LogP contribution in [0.5, 0.6) is 0 Å². The van der Waals surface area contributed by atoms with Gasteiger partial charge in [0.1, 0.15) is 11.6 Å². The van der Waals surface area contributed by atoms with E-state index in [0.717, 1.165) is 19.0 Å². The van der Waals surface area contributed by atoms with Crippen molar-refractivity contribution < 1.29 is 8.78 Å². The van der Waals surface area contributed by atoms with E-state index in [0.29, 0.717) is 12.1 Å². The zero-order chi connectivity index (χ0) is 12.8. The van der Waals surface area contributed by atoms with Crippen LogP contribution >= 0.6 is 0 Å². The van der Waals surface area contributed by atoms with Crippen molar-refractivity contribution in [3.05, 3.63) is 35.4 Å². The van der Waals surface area contributed by atoms with E-state index in [1.54, 1.807) is 0 Å². The van der Waals surface area contributed by atoms with Crippen LogP contribution in [0.3, 0.4) is 0 Å². The molecule has 96 valence electrons. The van der Waals surface area contributed by atoms with Crippen molar-refractivity contribution in [2.75, 3.05) is 27.2 Å². The Morgan fingerprint density at radius 1 is 1.29 bits per heavy atom. The van der Waals surface area contributed by atoms with Gasteiger partial charge in [-0.2, -0.15) is 0 Å². The number of hydrogen-bond donors (Lipinski definition) is 1. The minimum atomic E-state index is -0.400. The van der Waals surface area contributed by atoms with Gasteiger partial charge >= 0.3 is 0 Å². The number of benzene rings is 1. The minimum Gasteiger partial charge on any atom is -0.309 e. The maximum atomic E-state index is 13.7. The molecule has 1 rings (SSSR count). The van der Waals surface area contributed by atoms with Gasteiger partial charge in [0.25, 0.3) is 0 Å².